The molecule has 1 aliphatic heterocycles. The van der Waals surface area contributed by atoms with Gasteiger partial charge in [-0.1, -0.05) is 101 Å². The zero-order valence-electron chi connectivity index (χ0n) is 24.2. The minimum absolute atomic E-state index is 0.0483. The Hall–Kier alpha value is 0.670. The number of rotatable bonds is 18. The maximum absolute atomic E-state index is 12.5. The van der Waals surface area contributed by atoms with Crippen LogP contribution in [-0.2, 0) is 0 Å². The zero-order valence-corrected chi connectivity index (χ0v) is 28.7. The van der Waals surface area contributed by atoms with Crippen LogP contribution in [0.3, 0.4) is 0 Å². The summed E-state index contributed by atoms with van der Waals surface area (Å²) in [5.74, 6) is 1.54. The van der Waals surface area contributed by atoms with E-state index in [1.165, 1.54) is 44.1 Å². The molecule has 0 aliphatic carbocycles. The Morgan fingerprint density at radius 2 is 1.90 bits per heavy atom. The van der Waals surface area contributed by atoms with Gasteiger partial charge in [-0.25, -0.2) is 0 Å². The average molecular weight is 731 g/mol. The molecule has 39 heavy (non-hydrogen) atoms. The van der Waals surface area contributed by atoms with Crippen LogP contribution in [0.25, 0.3) is 0 Å². The van der Waals surface area contributed by atoms with Crippen LogP contribution < -0.4 is 10.0 Å². The Kier molecular flexibility index (Phi) is 23.6. The maximum atomic E-state index is 12.5. The lowest BCUT2D eigenvalue weighted by Crippen LogP contribution is -2.25. The molecule has 0 amide bonds. The van der Waals surface area contributed by atoms with Crippen molar-refractivity contribution in [2.24, 2.45) is 17.8 Å². The third kappa shape index (κ3) is 21.1. The highest BCUT2D eigenvalue weighted by Gasteiger charge is 2.38. The van der Waals surface area contributed by atoms with Crippen LogP contribution in [0.15, 0.2) is 23.9 Å². The van der Waals surface area contributed by atoms with Gasteiger partial charge >= 0.3 is 6.18 Å². The summed E-state index contributed by atoms with van der Waals surface area (Å²) in [7, 11) is 0. The van der Waals surface area contributed by atoms with E-state index in [1.807, 2.05) is 19.1 Å². The van der Waals surface area contributed by atoms with Gasteiger partial charge in [0.25, 0.3) is 0 Å². The average Bonchev–Trinajstić information content (AvgIpc) is 3.22. The van der Waals surface area contributed by atoms with Crippen LogP contribution in [0.1, 0.15) is 92.4 Å². The normalized spacial score (nSPS) is 23.3. The molecule has 4 nitrogen and oxygen atoms in total. The van der Waals surface area contributed by atoms with E-state index in [-0.39, 0.29) is 21.6 Å². The molecule has 1 rings (SSSR count). The molecule has 1 fully saturated rings. The van der Waals surface area contributed by atoms with E-state index in [0.29, 0.717) is 24.6 Å². The number of halogens is 5. The first kappa shape index (κ1) is 39.7. The van der Waals surface area contributed by atoms with Gasteiger partial charge in [-0.2, -0.15) is 13.2 Å². The smallest absolute Gasteiger partial charge is 0.391 e. The number of hydrogen-bond donors (Lipinski definition) is 4. The monoisotopic (exact) mass is 730 g/mol. The van der Waals surface area contributed by atoms with Crippen LogP contribution in [0.2, 0.25) is 0 Å². The van der Waals surface area contributed by atoms with Gasteiger partial charge in [-0.3, -0.25) is 5.32 Å². The topological polar surface area (TPSA) is 64.5 Å². The Balaban J connectivity index is 0.00000137. The van der Waals surface area contributed by atoms with E-state index in [0.717, 1.165) is 16.8 Å². The van der Waals surface area contributed by atoms with Crippen molar-refractivity contribution in [3.8, 4) is 0 Å². The number of alkyl halides is 5. The summed E-state index contributed by atoms with van der Waals surface area (Å²) in [5, 5.41) is 21.9. The van der Waals surface area contributed by atoms with E-state index in [4.69, 9.17) is 11.6 Å². The van der Waals surface area contributed by atoms with Gasteiger partial charge < -0.3 is 14.9 Å². The quantitative estimate of drug-likeness (QED) is 0.0282. The Morgan fingerprint density at radius 1 is 1.21 bits per heavy atom. The number of unbranched alkanes of at least 4 members (excludes halogenated alkanes) is 2. The third-order valence-corrected chi connectivity index (χ3v) is 10.6. The summed E-state index contributed by atoms with van der Waals surface area (Å²) in [6.07, 6.45) is 6.85. The van der Waals surface area contributed by atoms with Gasteiger partial charge in [-0.05, 0) is 49.5 Å². The van der Waals surface area contributed by atoms with E-state index in [1.54, 1.807) is 18.7 Å². The zero-order chi connectivity index (χ0) is 29.8. The minimum Gasteiger partial charge on any atom is -0.392 e. The molecule has 1 saturated heterocycles. The molecule has 1 heterocycles. The molecule has 0 spiro atoms. The molecule has 0 saturated carbocycles. The molecular weight excluding hydrogens is 680 g/mol. The number of aliphatic hydroxyl groups excluding tert-OH is 2. The predicted molar refractivity (Wildman–Crippen MR) is 174 cm³/mol. The van der Waals surface area contributed by atoms with Crippen molar-refractivity contribution in [2.75, 3.05) is 11.0 Å². The highest BCUT2D eigenvalue weighted by molar-refractivity contribution is 14.1. The molecule has 0 aromatic rings. The fourth-order valence-corrected chi connectivity index (χ4v) is 8.38. The molecule has 232 valence electrons. The van der Waals surface area contributed by atoms with Crippen LogP contribution >= 0.6 is 57.9 Å². The van der Waals surface area contributed by atoms with Crippen molar-refractivity contribution in [1.82, 2.24) is 10.0 Å². The number of nitrogens with one attached hydrogen (secondary N) is 2. The van der Waals surface area contributed by atoms with Gasteiger partial charge in [-0.15, -0.1) is 23.4 Å². The van der Waals surface area contributed by atoms with Crippen LogP contribution in [0.5, 0.6) is 0 Å². The highest BCUT2D eigenvalue weighted by Crippen LogP contribution is 2.48. The van der Waals surface area contributed by atoms with Gasteiger partial charge in [0.2, 0.25) is 0 Å². The molecule has 7 atom stereocenters. The first-order chi connectivity index (χ1) is 18.4. The molecule has 0 aromatic heterocycles. The minimum atomic E-state index is -4.38. The summed E-state index contributed by atoms with van der Waals surface area (Å²) >= 11 is 12.0. The number of allylic oxidation sites excluding steroid dienone is 2. The number of hydrogen-bond acceptors (Lipinski definition) is 6. The first-order valence-corrected chi connectivity index (χ1v) is 17.9. The summed E-state index contributed by atoms with van der Waals surface area (Å²) in [6.45, 7) is 11.0. The van der Waals surface area contributed by atoms with E-state index < -0.39 is 24.9 Å². The van der Waals surface area contributed by atoms with Gasteiger partial charge in [0, 0.05) is 23.1 Å². The SMILES string of the molecule is CC/C=C(\C[C@@H](O)CC(F)(F)F)NS[C@@H]1CC([C@H](/C=C\CNC(C)O)CI)C(Cl)S1.CCCCCC(C)CC. The van der Waals surface area contributed by atoms with Crippen LogP contribution in [0.4, 0.5) is 13.2 Å². The standard InChI is InChI=1S/C19H31ClF3IN2O2S2.C9H20/c1-3-5-14(8-15(28)10-19(21,22)23)26-30-17-9-16(18(20)29-17)13(11-24)6-4-7-25-12(2)27;1-4-6-7-8-9(3)5-2/h4-6,12-13,15-18,25-28H,3,7-11H2,1-2H3;9H,4-8H2,1-3H3/b6-4-,14-5+;/t12?,13-,15-,16?,17-,18?;/m1./s1. The van der Waals surface area contributed by atoms with Gasteiger partial charge in [0.05, 0.1) is 21.8 Å². The lowest BCUT2D eigenvalue weighted by atomic mass is 9.93. The van der Waals surface area contributed by atoms with Crippen molar-refractivity contribution >= 4 is 57.9 Å². The Bertz CT molecular complexity index is 675. The van der Waals surface area contributed by atoms with Crippen LogP contribution in [0, 0.1) is 17.8 Å². The largest absolute Gasteiger partial charge is 0.392 e. The van der Waals surface area contributed by atoms with Gasteiger partial charge in [0.15, 0.2) is 0 Å². The lowest BCUT2D eigenvalue weighted by molar-refractivity contribution is -0.153. The van der Waals surface area contributed by atoms with E-state index >= 15 is 0 Å². The number of thioether (sulfide) groups is 1. The van der Waals surface area contributed by atoms with E-state index in [9.17, 15) is 23.4 Å². The third-order valence-electron chi connectivity index (χ3n) is 6.42. The molecule has 0 radical (unpaired) electrons. The second-order valence-electron chi connectivity index (χ2n) is 10.2. The Morgan fingerprint density at radius 3 is 2.44 bits per heavy atom. The van der Waals surface area contributed by atoms with Crippen molar-refractivity contribution in [3.63, 3.8) is 0 Å². The molecular formula is C28H51ClF3IN2O2S2. The van der Waals surface area contributed by atoms with Crippen molar-refractivity contribution in [1.29, 1.82) is 0 Å². The summed E-state index contributed by atoms with van der Waals surface area (Å²) in [5.41, 5.74) is 0.615. The summed E-state index contributed by atoms with van der Waals surface area (Å²) in [4.78, 5) is 0. The number of aliphatic hydroxyl groups is 2. The molecule has 0 aromatic carbocycles. The Labute approximate surface area is 262 Å². The van der Waals surface area contributed by atoms with Crippen molar-refractivity contribution in [3.05, 3.63) is 23.9 Å². The van der Waals surface area contributed by atoms with E-state index in [2.05, 4.69) is 59.5 Å². The highest BCUT2D eigenvalue weighted by atomic mass is 127. The molecule has 0 bridgehead atoms. The summed E-state index contributed by atoms with van der Waals surface area (Å²) in [6, 6.07) is 0. The summed E-state index contributed by atoms with van der Waals surface area (Å²) < 4.78 is 41.6. The maximum Gasteiger partial charge on any atom is 0.391 e. The van der Waals surface area contributed by atoms with Gasteiger partial charge in [0.1, 0.15) is 6.23 Å². The van der Waals surface area contributed by atoms with Crippen molar-refractivity contribution < 1.29 is 23.4 Å². The second-order valence-corrected chi connectivity index (χ2v) is 14.5. The fraction of sp³-hybridized carbons (Fsp3) is 0.857. The van der Waals surface area contributed by atoms with Crippen LogP contribution in [-0.4, -0.2) is 49.0 Å². The first-order valence-electron chi connectivity index (χ1n) is 14.2. The fourth-order valence-electron chi connectivity index (χ4n) is 3.96. The van der Waals surface area contributed by atoms with Crippen molar-refractivity contribution in [2.45, 2.75) is 120 Å². The molecule has 4 unspecified atom stereocenters. The molecule has 4 N–H and O–H groups in total. The lowest BCUT2D eigenvalue weighted by Gasteiger charge is -2.20. The predicted octanol–water partition coefficient (Wildman–Crippen LogP) is 9.01. The second kappa shape index (κ2) is 23.2. The molecule has 1 aliphatic rings. The molecule has 11 heteroatoms.